The number of carbonyl (C=O) groups is 2. The third-order valence-corrected chi connectivity index (χ3v) is 6.23. The van der Waals surface area contributed by atoms with E-state index in [-0.39, 0.29) is 53.9 Å². The first-order chi connectivity index (χ1) is 14.3. The monoisotopic (exact) mass is 433 g/mol. The Morgan fingerprint density at radius 2 is 1.93 bits per heavy atom. The van der Waals surface area contributed by atoms with E-state index in [2.05, 4.69) is 5.32 Å². The van der Waals surface area contributed by atoms with Crippen LogP contribution in [0.25, 0.3) is 0 Å². The fourth-order valence-corrected chi connectivity index (χ4v) is 4.24. The molecule has 30 heavy (non-hydrogen) atoms. The van der Waals surface area contributed by atoms with Crippen molar-refractivity contribution in [2.24, 2.45) is 0 Å². The number of benzene rings is 2. The summed E-state index contributed by atoms with van der Waals surface area (Å²) in [5, 5.41) is 13.6. The molecule has 0 saturated carbocycles. The van der Waals surface area contributed by atoms with Gasteiger partial charge >= 0.3 is 0 Å². The Morgan fingerprint density at radius 3 is 2.63 bits per heavy atom. The molecular formula is C19H19N3O7S. The highest BCUT2D eigenvalue weighted by molar-refractivity contribution is 7.91. The number of sulfone groups is 1. The van der Waals surface area contributed by atoms with Gasteiger partial charge in [0.1, 0.15) is 12.3 Å². The van der Waals surface area contributed by atoms with Crippen LogP contribution in [-0.2, 0) is 19.4 Å². The van der Waals surface area contributed by atoms with Crippen LogP contribution in [0.1, 0.15) is 6.42 Å². The number of anilines is 1. The Labute approximate surface area is 172 Å². The molecule has 10 nitrogen and oxygen atoms in total. The summed E-state index contributed by atoms with van der Waals surface area (Å²) in [6.45, 7) is -0.541. The van der Waals surface area contributed by atoms with Gasteiger partial charge in [-0.2, -0.15) is 0 Å². The fraction of sp³-hybridized carbons (Fsp3) is 0.263. The summed E-state index contributed by atoms with van der Waals surface area (Å²) >= 11 is 0. The average Bonchev–Trinajstić information content (AvgIpc) is 2.73. The first-order valence-corrected chi connectivity index (χ1v) is 10.7. The zero-order chi connectivity index (χ0) is 21.7. The number of amides is 2. The van der Waals surface area contributed by atoms with Crippen molar-refractivity contribution < 1.29 is 27.7 Å². The van der Waals surface area contributed by atoms with Crippen molar-refractivity contribution in [3.8, 4) is 5.75 Å². The van der Waals surface area contributed by atoms with E-state index >= 15 is 0 Å². The van der Waals surface area contributed by atoms with E-state index in [1.807, 2.05) is 0 Å². The number of nitro benzene ring substituents is 1. The summed E-state index contributed by atoms with van der Waals surface area (Å²) in [6.07, 6.45) is 0.197. The van der Waals surface area contributed by atoms with E-state index in [4.69, 9.17) is 4.74 Å². The van der Waals surface area contributed by atoms with Crippen LogP contribution in [-0.4, -0.2) is 50.6 Å². The molecule has 2 aromatic rings. The van der Waals surface area contributed by atoms with Crippen LogP contribution >= 0.6 is 0 Å². The smallest absolute Gasteiger partial charge is 0.271 e. The quantitative estimate of drug-likeness (QED) is 0.376. The van der Waals surface area contributed by atoms with Crippen molar-refractivity contribution in [3.63, 3.8) is 0 Å². The first kappa shape index (κ1) is 21.2. The summed E-state index contributed by atoms with van der Waals surface area (Å²) < 4.78 is 29.7. The van der Waals surface area contributed by atoms with Crippen molar-refractivity contribution in [3.05, 3.63) is 58.6 Å². The molecule has 2 amide bonds. The molecule has 11 heteroatoms. The van der Waals surface area contributed by atoms with Gasteiger partial charge < -0.3 is 10.1 Å². The van der Waals surface area contributed by atoms with Gasteiger partial charge in [-0.3, -0.25) is 24.6 Å². The van der Waals surface area contributed by atoms with Crippen molar-refractivity contribution in [1.82, 2.24) is 5.32 Å². The van der Waals surface area contributed by atoms with Crippen LogP contribution < -0.4 is 15.0 Å². The van der Waals surface area contributed by atoms with E-state index in [9.17, 15) is 28.1 Å². The molecule has 0 aromatic heterocycles. The van der Waals surface area contributed by atoms with Crippen LogP contribution in [0.5, 0.6) is 5.75 Å². The Kier molecular flexibility index (Phi) is 6.31. The van der Waals surface area contributed by atoms with E-state index < -0.39 is 26.6 Å². The van der Waals surface area contributed by atoms with Gasteiger partial charge in [-0.25, -0.2) is 8.42 Å². The van der Waals surface area contributed by atoms with Crippen LogP contribution in [0.4, 0.5) is 11.4 Å². The molecule has 1 heterocycles. The highest BCUT2D eigenvalue weighted by Gasteiger charge is 2.29. The zero-order valence-electron chi connectivity index (χ0n) is 15.8. The molecule has 0 saturated heterocycles. The van der Waals surface area contributed by atoms with Gasteiger partial charge in [0, 0.05) is 18.7 Å². The third kappa shape index (κ3) is 4.92. The van der Waals surface area contributed by atoms with Crippen molar-refractivity contribution in [2.45, 2.75) is 11.3 Å². The largest absolute Gasteiger partial charge is 0.482 e. The summed E-state index contributed by atoms with van der Waals surface area (Å²) in [5.41, 5.74) is -0.0918. The summed E-state index contributed by atoms with van der Waals surface area (Å²) in [6, 6.07) is 11.8. The molecule has 2 aromatic carbocycles. The number of nitrogens with zero attached hydrogens (tertiary/aromatic N) is 2. The third-order valence-electron chi connectivity index (χ3n) is 4.41. The van der Waals surface area contributed by atoms with E-state index in [0.29, 0.717) is 0 Å². The Morgan fingerprint density at radius 1 is 1.20 bits per heavy atom. The van der Waals surface area contributed by atoms with Crippen LogP contribution in [0.3, 0.4) is 0 Å². The average molecular weight is 433 g/mol. The SMILES string of the molecule is O=C(CN1C(=O)COc2ccc([N+](=O)[O-])cc21)NCCCS(=O)(=O)c1ccccc1. The predicted octanol–water partition coefficient (Wildman–Crippen LogP) is 1.30. The normalized spacial score (nSPS) is 13.3. The van der Waals surface area contributed by atoms with Crippen LogP contribution in [0.2, 0.25) is 0 Å². The molecule has 3 rings (SSSR count). The van der Waals surface area contributed by atoms with E-state index in [1.165, 1.54) is 30.3 Å². The molecule has 0 bridgehead atoms. The lowest BCUT2D eigenvalue weighted by molar-refractivity contribution is -0.384. The lowest BCUT2D eigenvalue weighted by Crippen LogP contribution is -2.45. The first-order valence-electron chi connectivity index (χ1n) is 9.04. The maximum absolute atomic E-state index is 12.3. The molecule has 1 aliphatic heterocycles. The lowest BCUT2D eigenvalue weighted by Gasteiger charge is -2.28. The molecule has 158 valence electrons. The number of fused-ring (bicyclic) bond motifs is 1. The minimum absolute atomic E-state index is 0.102. The number of ether oxygens (including phenoxy) is 1. The highest BCUT2D eigenvalue weighted by atomic mass is 32.2. The fourth-order valence-electron chi connectivity index (χ4n) is 2.91. The predicted molar refractivity (Wildman–Crippen MR) is 107 cm³/mol. The maximum Gasteiger partial charge on any atom is 0.271 e. The van der Waals surface area contributed by atoms with Gasteiger partial charge in [-0.05, 0) is 24.6 Å². The summed E-state index contributed by atoms with van der Waals surface area (Å²) in [7, 11) is -3.44. The number of hydrogen-bond acceptors (Lipinski definition) is 7. The number of non-ortho nitro benzene ring substituents is 1. The van der Waals surface area contributed by atoms with Crippen LogP contribution in [0.15, 0.2) is 53.4 Å². The topological polar surface area (TPSA) is 136 Å². The number of nitrogens with one attached hydrogen (secondary N) is 1. The number of nitro groups is 1. The number of rotatable bonds is 8. The highest BCUT2D eigenvalue weighted by Crippen LogP contribution is 2.35. The molecule has 0 spiro atoms. The molecule has 0 aliphatic carbocycles. The van der Waals surface area contributed by atoms with Gasteiger partial charge in [0.05, 0.1) is 21.3 Å². The molecule has 1 aliphatic rings. The minimum Gasteiger partial charge on any atom is -0.482 e. The van der Waals surface area contributed by atoms with Gasteiger partial charge in [-0.1, -0.05) is 18.2 Å². The molecule has 0 unspecified atom stereocenters. The molecule has 0 fully saturated rings. The second-order valence-electron chi connectivity index (χ2n) is 6.51. The molecule has 0 atom stereocenters. The van der Waals surface area contributed by atoms with Crippen molar-refractivity contribution in [1.29, 1.82) is 0 Å². The molecule has 1 N–H and O–H groups in total. The Hall–Kier alpha value is -3.47. The molecule has 0 radical (unpaired) electrons. The Balaban J connectivity index is 1.57. The number of carbonyl (C=O) groups excluding carboxylic acids is 2. The van der Waals surface area contributed by atoms with Gasteiger partial charge in [0.2, 0.25) is 5.91 Å². The van der Waals surface area contributed by atoms with Crippen molar-refractivity contribution >= 4 is 33.0 Å². The minimum atomic E-state index is -3.44. The molecular weight excluding hydrogens is 414 g/mol. The Bertz CT molecular complexity index is 1070. The second-order valence-corrected chi connectivity index (χ2v) is 8.62. The lowest BCUT2D eigenvalue weighted by atomic mass is 10.2. The van der Waals surface area contributed by atoms with Crippen LogP contribution in [0, 0.1) is 10.1 Å². The van der Waals surface area contributed by atoms with E-state index in [0.717, 1.165) is 4.90 Å². The van der Waals surface area contributed by atoms with Crippen molar-refractivity contribution in [2.75, 3.05) is 30.3 Å². The summed E-state index contributed by atoms with van der Waals surface area (Å²) in [4.78, 5) is 36.1. The summed E-state index contributed by atoms with van der Waals surface area (Å²) in [5.74, 6) is -0.894. The van der Waals surface area contributed by atoms with Gasteiger partial charge in [-0.15, -0.1) is 0 Å². The standard InChI is InChI=1S/C19H19N3O7S/c23-18(20-9-4-10-30(27,28)15-5-2-1-3-6-15)12-21-16-11-14(22(25)26)7-8-17(16)29-13-19(21)24/h1-3,5-8,11H,4,9-10,12-13H2,(H,20,23). The maximum atomic E-state index is 12.3. The van der Waals surface area contributed by atoms with Gasteiger partial charge in [0.25, 0.3) is 11.6 Å². The zero-order valence-corrected chi connectivity index (χ0v) is 16.6. The van der Waals surface area contributed by atoms with Gasteiger partial charge in [0.15, 0.2) is 16.4 Å². The second kappa shape index (κ2) is 8.91. The van der Waals surface area contributed by atoms with E-state index in [1.54, 1.807) is 18.2 Å². The number of hydrogen-bond donors (Lipinski definition) is 1.